The third-order valence-corrected chi connectivity index (χ3v) is 7.30. The molecule has 9 heteroatoms. The average molecular weight is 494 g/mol. The first-order chi connectivity index (χ1) is 14.4. The van der Waals surface area contributed by atoms with E-state index in [1.807, 2.05) is 31.2 Å². The van der Waals surface area contributed by atoms with Gasteiger partial charge in [0.05, 0.1) is 17.7 Å². The fraction of sp³-hybridized carbons (Fsp3) is 0.333. The first-order valence-corrected chi connectivity index (χ1v) is 11.9. The van der Waals surface area contributed by atoms with Crippen molar-refractivity contribution in [3.8, 4) is 5.75 Å². The summed E-state index contributed by atoms with van der Waals surface area (Å²) in [7, 11) is -3.55. The van der Waals surface area contributed by atoms with Crippen molar-refractivity contribution in [2.24, 2.45) is 11.0 Å². The largest absolute Gasteiger partial charge is 0.494 e. The van der Waals surface area contributed by atoms with Gasteiger partial charge in [-0.1, -0.05) is 15.9 Å². The van der Waals surface area contributed by atoms with Gasteiger partial charge in [-0.3, -0.25) is 4.79 Å². The van der Waals surface area contributed by atoms with Gasteiger partial charge in [0.15, 0.2) is 0 Å². The lowest BCUT2D eigenvalue weighted by Crippen LogP contribution is -2.42. The van der Waals surface area contributed by atoms with Gasteiger partial charge in [0.25, 0.3) is 0 Å². The maximum absolute atomic E-state index is 12.7. The lowest BCUT2D eigenvalue weighted by molar-refractivity contribution is -0.126. The van der Waals surface area contributed by atoms with Crippen molar-refractivity contribution in [1.82, 2.24) is 9.73 Å². The normalized spacial score (nSPS) is 15.9. The lowest BCUT2D eigenvalue weighted by atomic mass is 9.98. The molecule has 7 nitrogen and oxygen atoms in total. The van der Waals surface area contributed by atoms with E-state index in [-0.39, 0.29) is 16.7 Å². The number of hydrogen-bond acceptors (Lipinski definition) is 5. The first kappa shape index (κ1) is 22.5. The second-order valence-electron chi connectivity index (χ2n) is 6.87. The molecule has 1 heterocycles. The van der Waals surface area contributed by atoms with Crippen molar-refractivity contribution in [2.75, 3.05) is 19.7 Å². The van der Waals surface area contributed by atoms with Gasteiger partial charge in [0, 0.05) is 23.5 Å². The quantitative estimate of drug-likeness (QED) is 0.472. The van der Waals surface area contributed by atoms with Crippen LogP contribution in [0.2, 0.25) is 0 Å². The molecule has 0 aromatic heterocycles. The number of hydrazone groups is 1. The zero-order valence-electron chi connectivity index (χ0n) is 16.6. The van der Waals surface area contributed by atoms with E-state index in [1.54, 1.807) is 30.5 Å². The maximum atomic E-state index is 12.7. The van der Waals surface area contributed by atoms with Crippen LogP contribution in [0, 0.1) is 5.92 Å². The molecular formula is C21H24BrN3O4S. The van der Waals surface area contributed by atoms with Gasteiger partial charge in [-0.05, 0) is 73.9 Å². The number of ether oxygens (including phenoxy) is 1. The van der Waals surface area contributed by atoms with E-state index in [0.29, 0.717) is 32.5 Å². The molecule has 1 saturated heterocycles. The molecule has 0 saturated carbocycles. The SMILES string of the molecule is CCOc1ccc(/C=N\NC(=O)C2CCN(S(=O)(=O)c3ccc(Br)cc3)CC2)cc1. The summed E-state index contributed by atoms with van der Waals surface area (Å²) in [6.07, 6.45) is 2.49. The van der Waals surface area contributed by atoms with Crippen LogP contribution in [-0.2, 0) is 14.8 Å². The van der Waals surface area contributed by atoms with E-state index >= 15 is 0 Å². The van der Waals surface area contributed by atoms with Crippen molar-refractivity contribution in [1.29, 1.82) is 0 Å². The van der Waals surface area contributed by atoms with Gasteiger partial charge in [-0.15, -0.1) is 0 Å². The average Bonchev–Trinajstić information content (AvgIpc) is 2.75. The zero-order chi connectivity index (χ0) is 21.6. The Morgan fingerprint density at radius 1 is 1.17 bits per heavy atom. The van der Waals surface area contributed by atoms with Crippen LogP contribution in [0.25, 0.3) is 0 Å². The molecular weight excluding hydrogens is 470 g/mol. The molecule has 1 N–H and O–H groups in total. The fourth-order valence-corrected chi connectivity index (χ4v) is 4.93. The summed E-state index contributed by atoms with van der Waals surface area (Å²) in [4.78, 5) is 12.6. The van der Waals surface area contributed by atoms with E-state index in [1.165, 1.54) is 4.31 Å². The number of nitrogens with zero attached hydrogens (tertiary/aromatic N) is 2. The topological polar surface area (TPSA) is 88.1 Å². The molecule has 0 spiro atoms. The first-order valence-electron chi connectivity index (χ1n) is 9.71. The van der Waals surface area contributed by atoms with Crippen LogP contribution < -0.4 is 10.2 Å². The Bertz CT molecular complexity index is 984. The number of carbonyl (C=O) groups excluding carboxylic acids is 1. The molecule has 0 radical (unpaired) electrons. The molecule has 0 aliphatic carbocycles. The molecule has 2 aromatic carbocycles. The second-order valence-corrected chi connectivity index (χ2v) is 9.72. The number of rotatable bonds is 7. The highest BCUT2D eigenvalue weighted by atomic mass is 79.9. The van der Waals surface area contributed by atoms with Crippen LogP contribution in [0.15, 0.2) is 63.0 Å². The Labute approximate surface area is 185 Å². The minimum atomic E-state index is -3.55. The van der Waals surface area contributed by atoms with Crippen LogP contribution in [0.3, 0.4) is 0 Å². The summed E-state index contributed by atoms with van der Waals surface area (Å²) in [5, 5.41) is 4.01. The molecule has 30 heavy (non-hydrogen) atoms. The van der Waals surface area contributed by atoms with Gasteiger partial charge >= 0.3 is 0 Å². The predicted octanol–water partition coefficient (Wildman–Crippen LogP) is 3.40. The Hall–Kier alpha value is -2.23. The third kappa shape index (κ3) is 5.68. The van der Waals surface area contributed by atoms with Crippen molar-refractivity contribution >= 4 is 38.1 Å². The highest BCUT2D eigenvalue weighted by Gasteiger charge is 2.32. The highest BCUT2D eigenvalue weighted by Crippen LogP contribution is 2.25. The predicted molar refractivity (Wildman–Crippen MR) is 119 cm³/mol. The third-order valence-electron chi connectivity index (χ3n) is 4.86. The van der Waals surface area contributed by atoms with Crippen LogP contribution in [0.5, 0.6) is 5.75 Å². The van der Waals surface area contributed by atoms with Gasteiger partial charge in [0.1, 0.15) is 5.75 Å². The van der Waals surface area contributed by atoms with Crippen molar-refractivity contribution in [3.05, 3.63) is 58.6 Å². The summed E-state index contributed by atoms with van der Waals surface area (Å²) in [5.41, 5.74) is 3.40. The van der Waals surface area contributed by atoms with E-state index in [4.69, 9.17) is 4.74 Å². The van der Waals surface area contributed by atoms with Crippen molar-refractivity contribution in [3.63, 3.8) is 0 Å². The molecule has 0 atom stereocenters. The number of nitrogens with one attached hydrogen (secondary N) is 1. The number of carbonyl (C=O) groups is 1. The molecule has 2 aromatic rings. The number of amides is 1. The molecule has 1 aliphatic rings. The maximum Gasteiger partial charge on any atom is 0.243 e. The molecule has 0 unspecified atom stereocenters. The summed E-state index contributed by atoms with van der Waals surface area (Å²) >= 11 is 3.31. The van der Waals surface area contributed by atoms with Crippen LogP contribution in [-0.4, -0.2) is 44.5 Å². The van der Waals surface area contributed by atoms with Crippen LogP contribution in [0.1, 0.15) is 25.3 Å². The summed E-state index contributed by atoms with van der Waals surface area (Å²) in [5.74, 6) is 0.320. The van der Waals surface area contributed by atoms with Crippen LogP contribution >= 0.6 is 15.9 Å². The monoisotopic (exact) mass is 493 g/mol. The van der Waals surface area contributed by atoms with E-state index in [9.17, 15) is 13.2 Å². The summed E-state index contributed by atoms with van der Waals surface area (Å²) in [6, 6.07) is 14.0. The van der Waals surface area contributed by atoms with Crippen LogP contribution in [0.4, 0.5) is 0 Å². The second kappa shape index (κ2) is 10.2. The van der Waals surface area contributed by atoms with Gasteiger partial charge in [-0.25, -0.2) is 13.8 Å². The summed E-state index contributed by atoms with van der Waals surface area (Å²) < 4.78 is 33.1. The van der Waals surface area contributed by atoms with Gasteiger partial charge in [-0.2, -0.15) is 9.41 Å². The van der Waals surface area contributed by atoms with E-state index < -0.39 is 10.0 Å². The standard InChI is InChI=1S/C21H24BrN3O4S/c1-2-29-19-7-3-16(4-8-19)15-23-24-21(26)17-11-13-25(14-12-17)30(27,28)20-9-5-18(22)6-10-20/h3-10,15,17H,2,11-14H2,1H3,(H,24,26)/b23-15-. The van der Waals surface area contributed by atoms with E-state index in [2.05, 4.69) is 26.5 Å². The molecule has 1 amide bonds. The molecule has 1 aliphatic heterocycles. The Morgan fingerprint density at radius 3 is 2.40 bits per heavy atom. The number of benzene rings is 2. The molecule has 1 fully saturated rings. The molecule has 3 rings (SSSR count). The minimum Gasteiger partial charge on any atom is -0.494 e. The molecule has 160 valence electrons. The van der Waals surface area contributed by atoms with Crippen molar-refractivity contribution in [2.45, 2.75) is 24.7 Å². The lowest BCUT2D eigenvalue weighted by Gasteiger charge is -2.30. The van der Waals surface area contributed by atoms with E-state index in [0.717, 1.165) is 15.8 Å². The van der Waals surface area contributed by atoms with Gasteiger partial charge < -0.3 is 4.74 Å². The Morgan fingerprint density at radius 2 is 1.80 bits per heavy atom. The number of piperidine rings is 1. The number of hydrogen-bond donors (Lipinski definition) is 1. The minimum absolute atomic E-state index is 0.196. The highest BCUT2D eigenvalue weighted by molar-refractivity contribution is 9.10. The van der Waals surface area contributed by atoms with Crippen molar-refractivity contribution < 1.29 is 17.9 Å². The number of sulfonamides is 1. The fourth-order valence-electron chi connectivity index (χ4n) is 3.19. The van der Waals surface area contributed by atoms with Gasteiger partial charge in [0.2, 0.25) is 15.9 Å². The summed E-state index contributed by atoms with van der Waals surface area (Å²) in [6.45, 7) is 3.14. The number of halogens is 1. The smallest absolute Gasteiger partial charge is 0.243 e. The molecule has 0 bridgehead atoms. The Balaban J connectivity index is 1.50. The Kier molecular flexibility index (Phi) is 7.63. The zero-order valence-corrected chi connectivity index (χ0v) is 19.0.